The maximum absolute atomic E-state index is 11.6. The number of phenols is 1. The summed E-state index contributed by atoms with van der Waals surface area (Å²) in [5, 5.41) is 14.1. The Morgan fingerprint density at radius 1 is 1.24 bits per heavy atom. The molecule has 1 aliphatic rings. The number of hydrogen-bond donors (Lipinski definition) is 2. The Balaban J connectivity index is 0.000000514. The molecule has 17 heavy (non-hydrogen) atoms. The van der Waals surface area contributed by atoms with Gasteiger partial charge in [0.05, 0.1) is 5.56 Å². The molecule has 0 saturated heterocycles. The van der Waals surface area contributed by atoms with Crippen LogP contribution in [-0.4, -0.2) is 17.8 Å². The highest BCUT2D eigenvalue weighted by atomic mass is 16.3. The van der Waals surface area contributed by atoms with Crippen molar-refractivity contribution in [2.45, 2.75) is 6.54 Å². The van der Waals surface area contributed by atoms with Gasteiger partial charge in [-0.2, -0.15) is 0 Å². The summed E-state index contributed by atoms with van der Waals surface area (Å²) < 4.78 is 0. The van der Waals surface area contributed by atoms with E-state index in [9.17, 15) is 9.90 Å². The number of hydrogen-bond acceptors (Lipinski definition) is 3. The van der Waals surface area contributed by atoms with E-state index >= 15 is 0 Å². The summed E-state index contributed by atoms with van der Waals surface area (Å²) in [6.45, 7) is 2.56. The SMILES string of the molecule is C=O.O=C1NCc2cccc3cc(O)cc1c23. The summed E-state index contributed by atoms with van der Waals surface area (Å²) in [4.78, 5) is 19.6. The van der Waals surface area contributed by atoms with E-state index in [0.29, 0.717) is 12.1 Å². The Hall–Kier alpha value is -2.36. The average Bonchev–Trinajstić information content (AvgIpc) is 2.36. The van der Waals surface area contributed by atoms with E-state index in [4.69, 9.17) is 4.79 Å². The van der Waals surface area contributed by atoms with Gasteiger partial charge in [0, 0.05) is 6.54 Å². The molecule has 0 bridgehead atoms. The van der Waals surface area contributed by atoms with Crippen LogP contribution in [0.1, 0.15) is 15.9 Å². The number of benzene rings is 2. The molecular weight excluding hydrogens is 218 g/mol. The van der Waals surface area contributed by atoms with Gasteiger partial charge >= 0.3 is 0 Å². The van der Waals surface area contributed by atoms with Crippen molar-refractivity contribution >= 4 is 23.5 Å². The van der Waals surface area contributed by atoms with E-state index in [1.165, 1.54) is 6.07 Å². The van der Waals surface area contributed by atoms with Crippen LogP contribution in [-0.2, 0) is 11.3 Å². The van der Waals surface area contributed by atoms with E-state index < -0.39 is 0 Å². The normalized spacial score (nSPS) is 12.6. The number of amides is 1. The summed E-state index contributed by atoms with van der Waals surface area (Å²) in [7, 11) is 0. The molecule has 4 nitrogen and oxygen atoms in total. The third-order valence-corrected chi connectivity index (χ3v) is 2.73. The average molecular weight is 229 g/mol. The second-order valence-electron chi connectivity index (χ2n) is 3.69. The van der Waals surface area contributed by atoms with Crippen molar-refractivity contribution in [3.8, 4) is 5.75 Å². The number of rotatable bonds is 0. The number of carbonyl (C=O) groups excluding carboxylic acids is 2. The van der Waals surface area contributed by atoms with Gasteiger partial charge in [0.15, 0.2) is 0 Å². The Labute approximate surface area is 97.9 Å². The van der Waals surface area contributed by atoms with Crippen LogP contribution in [0.2, 0.25) is 0 Å². The molecule has 3 rings (SSSR count). The second kappa shape index (κ2) is 4.25. The van der Waals surface area contributed by atoms with Gasteiger partial charge in [-0.1, -0.05) is 18.2 Å². The van der Waals surface area contributed by atoms with E-state index in [-0.39, 0.29) is 11.7 Å². The standard InChI is InChI=1S/C12H9NO2.CH2O/c14-9-4-7-2-1-3-8-6-13-12(15)10(5-9)11(7)8;1-2/h1-5,14H,6H2,(H,13,15);1H2. The zero-order valence-corrected chi connectivity index (χ0v) is 9.06. The first kappa shape index (κ1) is 11.1. The fraction of sp³-hybridized carbons (Fsp3) is 0.0769. The maximum Gasteiger partial charge on any atom is 0.252 e. The number of aromatic hydroxyl groups is 1. The highest BCUT2D eigenvalue weighted by Gasteiger charge is 2.18. The van der Waals surface area contributed by atoms with Gasteiger partial charge in [-0.25, -0.2) is 0 Å². The first-order valence-corrected chi connectivity index (χ1v) is 5.07. The van der Waals surface area contributed by atoms with Gasteiger partial charge in [-0.15, -0.1) is 0 Å². The zero-order chi connectivity index (χ0) is 12.4. The smallest absolute Gasteiger partial charge is 0.252 e. The molecule has 1 heterocycles. The summed E-state index contributed by atoms with van der Waals surface area (Å²) in [6, 6.07) is 9.02. The van der Waals surface area contributed by atoms with E-state index in [1.54, 1.807) is 6.07 Å². The minimum absolute atomic E-state index is 0.116. The van der Waals surface area contributed by atoms with Crippen LogP contribution in [0, 0.1) is 0 Å². The first-order valence-electron chi connectivity index (χ1n) is 5.07. The molecule has 2 aromatic carbocycles. The van der Waals surface area contributed by atoms with Crippen molar-refractivity contribution in [1.29, 1.82) is 0 Å². The third-order valence-electron chi connectivity index (χ3n) is 2.73. The van der Waals surface area contributed by atoms with Crippen molar-refractivity contribution in [3.05, 3.63) is 41.5 Å². The highest BCUT2D eigenvalue weighted by molar-refractivity contribution is 6.10. The molecule has 0 aliphatic carbocycles. The van der Waals surface area contributed by atoms with Crippen LogP contribution < -0.4 is 5.32 Å². The zero-order valence-electron chi connectivity index (χ0n) is 9.06. The molecule has 0 saturated carbocycles. The van der Waals surface area contributed by atoms with Gasteiger partial charge in [-0.05, 0) is 28.5 Å². The molecular formula is C13H11NO3. The van der Waals surface area contributed by atoms with Crippen LogP contribution >= 0.6 is 0 Å². The monoisotopic (exact) mass is 229 g/mol. The Morgan fingerprint density at radius 3 is 2.76 bits per heavy atom. The molecule has 2 aromatic rings. The molecule has 1 amide bonds. The molecule has 0 fully saturated rings. The minimum atomic E-state index is -0.116. The lowest BCUT2D eigenvalue weighted by Gasteiger charge is -2.17. The molecule has 0 unspecified atom stereocenters. The number of nitrogens with one attached hydrogen (secondary N) is 1. The van der Waals surface area contributed by atoms with Gasteiger partial charge in [0.2, 0.25) is 0 Å². The fourth-order valence-corrected chi connectivity index (χ4v) is 2.09. The molecule has 0 spiro atoms. The Kier molecular flexibility index (Phi) is 2.78. The number of phenolic OH excluding ortho intramolecular Hbond substituents is 1. The summed E-state index contributed by atoms with van der Waals surface area (Å²) in [6.07, 6.45) is 0. The van der Waals surface area contributed by atoms with Crippen LogP contribution in [0.4, 0.5) is 0 Å². The van der Waals surface area contributed by atoms with Crippen LogP contribution in [0.25, 0.3) is 10.8 Å². The van der Waals surface area contributed by atoms with Crippen LogP contribution in [0.3, 0.4) is 0 Å². The lowest BCUT2D eigenvalue weighted by atomic mass is 9.95. The summed E-state index contributed by atoms with van der Waals surface area (Å²) in [5.41, 5.74) is 1.66. The highest BCUT2D eigenvalue weighted by Crippen LogP contribution is 2.29. The van der Waals surface area contributed by atoms with Crippen molar-refractivity contribution in [2.75, 3.05) is 0 Å². The maximum atomic E-state index is 11.6. The molecule has 0 aromatic heterocycles. The molecule has 4 heteroatoms. The van der Waals surface area contributed by atoms with Gasteiger partial charge in [0.1, 0.15) is 12.5 Å². The van der Waals surface area contributed by atoms with Gasteiger partial charge in [0.25, 0.3) is 5.91 Å². The van der Waals surface area contributed by atoms with Crippen molar-refractivity contribution in [2.24, 2.45) is 0 Å². The number of carbonyl (C=O) groups is 2. The van der Waals surface area contributed by atoms with E-state index in [2.05, 4.69) is 5.32 Å². The van der Waals surface area contributed by atoms with Gasteiger partial charge < -0.3 is 15.2 Å². The van der Waals surface area contributed by atoms with Crippen LogP contribution in [0.5, 0.6) is 5.75 Å². The largest absolute Gasteiger partial charge is 0.508 e. The lowest BCUT2D eigenvalue weighted by Crippen LogP contribution is -2.27. The van der Waals surface area contributed by atoms with Crippen molar-refractivity contribution in [1.82, 2.24) is 5.32 Å². The Morgan fingerprint density at radius 2 is 2.00 bits per heavy atom. The van der Waals surface area contributed by atoms with Gasteiger partial charge in [-0.3, -0.25) is 4.79 Å². The molecule has 1 aliphatic heterocycles. The third kappa shape index (κ3) is 1.73. The quantitative estimate of drug-likeness (QED) is 0.721. The molecule has 0 atom stereocenters. The topological polar surface area (TPSA) is 66.4 Å². The molecule has 0 radical (unpaired) electrons. The lowest BCUT2D eigenvalue weighted by molar-refractivity contribution is -0.0979. The molecule has 86 valence electrons. The second-order valence-corrected chi connectivity index (χ2v) is 3.69. The minimum Gasteiger partial charge on any atom is -0.508 e. The summed E-state index contributed by atoms with van der Waals surface area (Å²) >= 11 is 0. The Bertz CT molecular complexity index is 592. The van der Waals surface area contributed by atoms with Crippen molar-refractivity contribution in [3.63, 3.8) is 0 Å². The summed E-state index contributed by atoms with van der Waals surface area (Å²) in [5.74, 6) is 0.0151. The van der Waals surface area contributed by atoms with Crippen molar-refractivity contribution < 1.29 is 14.7 Å². The fourth-order valence-electron chi connectivity index (χ4n) is 2.09. The van der Waals surface area contributed by atoms with E-state index in [1.807, 2.05) is 25.0 Å². The molecule has 2 N–H and O–H groups in total. The van der Waals surface area contributed by atoms with E-state index in [0.717, 1.165) is 16.3 Å². The van der Waals surface area contributed by atoms with Crippen LogP contribution in [0.15, 0.2) is 30.3 Å². The predicted octanol–water partition coefficient (Wildman–Crippen LogP) is 1.60. The predicted molar refractivity (Wildman–Crippen MR) is 63.9 cm³/mol. The first-order chi connectivity index (χ1) is 8.25.